The summed E-state index contributed by atoms with van der Waals surface area (Å²) in [6, 6.07) is 11.8. The van der Waals surface area contributed by atoms with E-state index in [9.17, 15) is 4.79 Å². The first kappa shape index (κ1) is 13.5. The Morgan fingerprint density at radius 2 is 1.95 bits per heavy atom. The van der Waals surface area contributed by atoms with Crippen molar-refractivity contribution in [3.8, 4) is 29.0 Å². The standard InChI is InChI=1S/C15H9N5O2/c16-7-9-1-6-12(18-8-9)15-19-14(20-22-15)11-4-2-10(3-5-11)13(17)21/h1-6,8H,(H2,17,21). The second-order valence-corrected chi connectivity index (χ2v) is 4.41. The minimum absolute atomic E-state index is 0.249. The maximum absolute atomic E-state index is 11.0. The molecule has 2 aromatic heterocycles. The maximum Gasteiger partial charge on any atom is 0.276 e. The van der Waals surface area contributed by atoms with Gasteiger partial charge in [-0.3, -0.25) is 4.79 Å². The minimum Gasteiger partial charge on any atom is -0.366 e. The number of rotatable bonds is 3. The second-order valence-electron chi connectivity index (χ2n) is 4.41. The molecule has 0 aliphatic rings. The van der Waals surface area contributed by atoms with Gasteiger partial charge in [0.05, 0.1) is 5.56 Å². The first-order valence-electron chi connectivity index (χ1n) is 6.28. The number of carbonyl (C=O) groups excluding carboxylic acids is 1. The van der Waals surface area contributed by atoms with Crippen molar-refractivity contribution >= 4 is 5.91 Å². The van der Waals surface area contributed by atoms with E-state index in [0.29, 0.717) is 28.2 Å². The van der Waals surface area contributed by atoms with Crippen LogP contribution >= 0.6 is 0 Å². The molecule has 0 unspecified atom stereocenters. The van der Waals surface area contributed by atoms with E-state index < -0.39 is 5.91 Å². The van der Waals surface area contributed by atoms with E-state index in [1.54, 1.807) is 36.4 Å². The van der Waals surface area contributed by atoms with Crippen molar-refractivity contribution in [2.75, 3.05) is 0 Å². The van der Waals surface area contributed by atoms with Gasteiger partial charge in [0.2, 0.25) is 11.7 Å². The Bertz CT molecular complexity index is 860. The molecule has 1 amide bonds. The van der Waals surface area contributed by atoms with Crippen molar-refractivity contribution in [2.24, 2.45) is 5.73 Å². The van der Waals surface area contributed by atoms with Crippen molar-refractivity contribution in [1.29, 1.82) is 5.26 Å². The van der Waals surface area contributed by atoms with E-state index in [4.69, 9.17) is 15.5 Å². The molecule has 0 aliphatic heterocycles. The maximum atomic E-state index is 11.0. The van der Waals surface area contributed by atoms with Gasteiger partial charge in [0.1, 0.15) is 11.8 Å². The Balaban J connectivity index is 1.89. The third-order valence-electron chi connectivity index (χ3n) is 2.97. The van der Waals surface area contributed by atoms with Gasteiger partial charge in [0, 0.05) is 17.3 Å². The molecule has 2 N–H and O–H groups in total. The van der Waals surface area contributed by atoms with Crippen LogP contribution in [0, 0.1) is 11.3 Å². The number of hydrogen-bond acceptors (Lipinski definition) is 6. The van der Waals surface area contributed by atoms with Crippen molar-refractivity contribution in [3.05, 3.63) is 53.7 Å². The number of benzene rings is 1. The van der Waals surface area contributed by atoms with Gasteiger partial charge in [-0.25, -0.2) is 4.98 Å². The number of pyridine rings is 1. The molecule has 0 saturated carbocycles. The van der Waals surface area contributed by atoms with E-state index >= 15 is 0 Å². The fourth-order valence-electron chi connectivity index (χ4n) is 1.81. The number of aromatic nitrogens is 3. The molecule has 0 atom stereocenters. The van der Waals surface area contributed by atoms with Gasteiger partial charge in [0.15, 0.2) is 0 Å². The highest BCUT2D eigenvalue weighted by molar-refractivity contribution is 5.93. The van der Waals surface area contributed by atoms with Crippen LogP contribution in [0.25, 0.3) is 23.0 Å². The van der Waals surface area contributed by atoms with Crippen LogP contribution in [0.15, 0.2) is 47.1 Å². The van der Waals surface area contributed by atoms with Crippen molar-refractivity contribution < 1.29 is 9.32 Å². The molecule has 3 rings (SSSR count). The SMILES string of the molecule is N#Cc1ccc(-c2nc(-c3ccc(C(N)=O)cc3)no2)nc1. The number of carbonyl (C=O) groups is 1. The summed E-state index contributed by atoms with van der Waals surface area (Å²) in [5.74, 6) is 0.123. The topological polar surface area (TPSA) is 119 Å². The summed E-state index contributed by atoms with van der Waals surface area (Å²) in [5.41, 5.74) is 7.21. The van der Waals surface area contributed by atoms with E-state index in [1.807, 2.05) is 6.07 Å². The molecule has 2 heterocycles. The summed E-state index contributed by atoms with van der Waals surface area (Å²) >= 11 is 0. The molecule has 0 bridgehead atoms. The quantitative estimate of drug-likeness (QED) is 0.785. The van der Waals surface area contributed by atoms with Gasteiger partial charge >= 0.3 is 0 Å². The second kappa shape index (κ2) is 5.46. The van der Waals surface area contributed by atoms with Gasteiger partial charge in [-0.15, -0.1) is 0 Å². The summed E-state index contributed by atoms with van der Waals surface area (Å²) in [6.45, 7) is 0. The van der Waals surface area contributed by atoms with E-state index in [0.717, 1.165) is 0 Å². The van der Waals surface area contributed by atoms with E-state index in [2.05, 4.69) is 15.1 Å². The van der Waals surface area contributed by atoms with Crippen LogP contribution in [0.2, 0.25) is 0 Å². The van der Waals surface area contributed by atoms with Crippen LogP contribution in [-0.4, -0.2) is 21.0 Å². The number of nitrogens with two attached hydrogens (primary N) is 1. The number of amides is 1. The average Bonchev–Trinajstić information content (AvgIpc) is 3.05. The molecule has 0 aliphatic carbocycles. The minimum atomic E-state index is -0.498. The van der Waals surface area contributed by atoms with Gasteiger partial charge in [-0.05, 0) is 24.3 Å². The largest absolute Gasteiger partial charge is 0.366 e. The molecule has 7 nitrogen and oxygen atoms in total. The third kappa shape index (κ3) is 2.53. The molecule has 0 spiro atoms. The number of hydrogen-bond donors (Lipinski definition) is 1. The van der Waals surface area contributed by atoms with Gasteiger partial charge in [0.25, 0.3) is 5.89 Å². The van der Waals surface area contributed by atoms with E-state index in [1.165, 1.54) is 6.20 Å². The molecule has 0 saturated heterocycles. The predicted octanol–water partition coefficient (Wildman–Crippen LogP) is 1.77. The van der Waals surface area contributed by atoms with Crippen molar-refractivity contribution in [3.63, 3.8) is 0 Å². The Hall–Kier alpha value is -3.53. The number of nitriles is 1. The molecule has 22 heavy (non-hydrogen) atoms. The zero-order valence-electron chi connectivity index (χ0n) is 11.2. The molecule has 3 aromatic rings. The van der Waals surface area contributed by atoms with E-state index in [-0.39, 0.29) is 5.89 Å². The Morgan fingerprint density at radius 1 is 1.18 bits per heavy atom. The van der Waals surface area contributed by atoms with Crippen molar-refractivity contribution in [1.82, 2.24) is 15.1 Å². The fraction of sp³-hybridized carbons (Fsp3) is 0. The highest BCUT2D eigenvalue weighted by Crippen LogP contribution is 2.21. The molecular weight excluding hydrogens is 282 g/mol. The lowest BCUT2D eigenvalue weighted by Gasteiger charge is -1.96. The van der Waals surface area contributed by atoms with Crippen LogP contribution in [0.4, 0.5) is 0 Å². The molecule has 7 heteroatoms. The highest BCUT2D eigenvalue weighted by atomic mass is 16.5. The van der Waals surface area contributed by atoms with Gasteiger partial charge in [-0.2, -0.15) is 10.2 Å². The summed E-state index contributed by atoms with van der Waals surface area (Å²) in [7, 11) is 0. The van der Waals surface area contributed by atoms with Crippen molar-refractivity contribution in [2.45, 2.75) is 0 Å². The lowest BCUT2D eigenvalue weighted by atomic mass is 10.1. The molecule has 1 aromatic carbocycles. The molecule has 0 radical (unpaired) electrons. The van der Waals surface area contributed by atoms with Crippen LogP contribution < -0.4 is 5.73 Å². The Labute approximate surface area is 125 Å². The summed E-state index contributed by atoms with van der Waals surface area (Å²) in [6.07, 6.45) is 1.43. The number of primary amides is 1. The van der Waals surface area contributed by atoms with Gasteiger partial charge < -0.3 is 10.3 Å². The third-order valence-corrected chi connectivity index (χ3v) is 2.97. The first-order valence-corrected chi connectivity index (χ1v) is 6.28. The zero-order chi connectivity index (χ0) is 15.5. The van der Waals surface area contributed by atoms with Crippen LogP contribution in [0.1, 0.15) is 15.9 Å². The van der Waals surface area contributed by atoms with Crippen LogP contribution in [-0.2, 0) is 0 Å². The van der Waals surface area contributed by atoms with Crippen LogP contribution in [0.3, 0.4) is 0 Å². The smallest absolute Gasteiger partial charge is 0.276 e. The normalized spacial score (nSPS) is 10.1. The van der Waals surface area contributed by atoms with Crippen LogP contribution in [0.5, 0.6) is 0 Å². The lowest BCUT2D eigenvalue weighted by Crippen LogP contribution is -2.10. The average molecular weight is 291 g/mol. The summed E-state index contributed by atoms with van der Waals surface area (Å²) in [4.78, 5) is 19.4. The Morgan fingerprint density at radius 3 is 2.55 bits per heavy atom. The summed E-state index contributed by atoms with van der Waals surface area (Å²) < 4.78 is 5.16. The predicted molar refractivity (Wildman–Crippen MR) is 76.2 cm³/mol. The zero-order valence-corrected chi connectivity index (χ0v) is 11.2. The monoisotopic (exact) mass is 291 g/mol. The Kier molecular flexibility index (Phi) is 3.34. The van der Waals surface area contributed by atoms with Gasteiger partial charge in [-0.1, -0.05) is 17.3 Å². The highest BCUT2D eigenvalue weighted by Gasteiger charge is 2.12. The summed E-state index contributed by atoms with van der Waals surface area (Å²) in [5, 5.41) is 12.6. The molecule has 0 fully saturated rings. The molecular formula is C15H9N5O2. The first-order chi connectivity index (χ1) is 10.7. The fourth-order valence-corrected chi connectivity index (χ4v) is 1.81. The molecule has 106 valence electrons. The number of nitrogens with zero attached hydrogens (tertiary/aromatic N) is 4. The lowest BCUT2D eigenvalue weighted by molar-refractivity contribution is 0.100.